The number of fused-ring (bicyclic) bond motifs is 1. The summed E-state index contributed by atoms with van der Waals surface area (Å²) in [5.74, 6) is 1.14. The SMILES string of the molecule is CC(C)c1nc2cc(NC3CCCC3(C)C)ccc2o1. The van der Waals surface area contributed by atoms with Crippen LogP contribution in [0.1, 0.15) is 58.8 Å². The van der Waals surface area contributed by atoms with E-state index >= 15 is 0 Å². The lowest BCUT2D eigenvalue weighted by Crippen LogP contribution is -2.30. The average molecular weight is 272 g/mol. The minimum Gasteiger partial charge on any atom is -0.440 e. The zero-order valence-corrected chi connectivity index (χ0v) is 12.9. The highest BCUT2D eigenvalue weighted by atomic mass is 16.3. The number of hydrogen-bond acceptors (Lipinski definition) is 3. The number of benzene rings is 1. The van der Waals surface area contributed by atoms with Gasteiger partial charge in [-0.15, -0.1) is 0 Å². The van der Waals surface area contributed by atoms with Crippen molar-refractivity contribution in [2.24, 2.45) is 5.41 Å². The van der Waals surface area contributed by atoms with Crippen molar-refractivity contribution in [2.45, 2.75) is 58.9 Å². The Hall–Kier alpha value is -1.51. The molecule has 1 aliphatic rings. The lowest BCUT2D eigenvalue weighted by molar-refractivity contribution is 0.350. The molecule has 3 rings (SSSR count). The van der Waals surface area contributed by atoms with Crippen molar-refractivity contribution >= 4 is 16.8 Å². The van der Waals surface area contributed by atoms with E-state index < -0.39 is 0 Å². The van der Waals surface area contributed by atoms with Gasteiger partial charge in [-0.1, -0.05) is 34.1 Å². The molecule has 1 unspecified atom stereocenters. The Morgan fingerprint density at radius 2 is 2.15 bits per heavy atom. The number of hydrogen-bond donors (Lipinski definition) is 1. The zero-order valence-electron chi connectivity index (χ0n) is 12.9. The standard InChI is InChI=1S/C17H24N2O/c1-11(2)16-19-13-10-12(7-8-14(13)20-16)18-15-6-5-9-17(15,3)4/h7-8,10-11,15,18H,5-6,9H2,1-4H3. The van der Waals surface area contributed by atoms with E-state index in [1.54, 1.807) is 0 Å². The van der Waals surface area contributed by atoms with Crippen LogP contribution in [-0.2, 0) is 0 Å². The van der Waals surface area contributed by atoms with Crippen molar-refractivity contribution in [3.05, 3.63) is 24.1 Å². The molecule has 1 aromatic carbocycles. The summed E-state index contributed by atoms with van der Waals surface area (Å²) in [6, 6.07) is 6.79. The molecule has 0 radical (unpaired) electrons. The molecule has 1 saturated carbocycles. The van der Waals surface area contributed by atoms with E-state index in [1.165, 1.54) is 19.3 Å². The average Bonchev–Trinajstić information content (AvgIpc) is 2.93. The fourth-order valence-corrected chi connectivity index (χ4v) is 3.08. The minimum absolute atomic E-state index is 0.326. The van der Waals surface area contributed by atoms with Gasteiger partial charge in [-0.25, -0.2) is 4.98 Å². The van der Waals surface area contributed by atoms with Crippen LogP contribution in [-0.4, -0.2) is 11.0 Å². The molecular formula is C17H24N2O. The molecule has 1 fully saturated rings. The van der Waals surface area contributed by atoms with Gasteiger partial charge in [0.2, 0.25) is 0 Å². The molecule has 3 heteroatoms. The van der Waals surface area contributed by atoms with Gasteiger partial charge < -0.3 is 9.73 Å². The lowest BCUT2D eigenvalue weighted by atomic mass is 9.87. The van der Waals surface area contributed by atoms with Crippen molar-refractivity contribution in [1.29, 1.82) is 0 Å². The van der Waals surface area contributed by atoms with Crippen molar-refractivity contribution in [1.82, 2.24) is 4.98 Å². The first-order chi connectivity index (χ1) is 9.45. The number of oxazole rings is 1. The Kier molecular flexibility index (Phi) is 3.23. The van der Waals surface area contributed by atoms with Gasteiger partial charge in [0, 0.05) is 17.6 Å². The molecule has 3 nitrogen and oxygen atoms in total. The molecule has 1 N–H and O–H groups in total. The predicted octanol–water partition coefficient (Wildman–Crippen LogP) is 4.94. The van der Waals surface area contributed by atoms with Crippen molar-refractivity contribution in [2.75, 3.05) is 5.32 Å². The van der Waals surface area contributed by atoms with Crippen LogP contribution in [0.5, 0.6) is 0 Å². The molecular weight excluding hydrogens is 248 g/mol. The third-order valence-electron chi connectivity index (χ3n) is 4.50. The number of nitrogens with one attached hydrogen (secondary N) is 1. The van der Waals surface area contributed by atoms with E-state index in [0.717, 1.165) is 22.7 Å². The lowest BCUT2D eigenvalue weighted by Gasteiger charge is -2.28. The van der Waals surface area contributed by atoms with Crippen molar-refractivity contribution in [3.8, 4) is 0 Å². The molecule has 0 spiro atoms. The number of nitrogens with zero attached hydrogens (tertiary/aromatic N) is 1. The first kappa shape index (κ1) is 13.5. The number of anilines is 1. The van der Waals surface area contributed by atoms with E-state index in [4.69, 9.17) is 4.42 Å². The summed E-state index contributed by atoms with van der Waals surface area (Å²) in [6.07, 6.45) is 3.86. The van der Waals surface area contributed by atoms with Crippen LogP contribution in [0.3, 0.4) is 0 Å². The van der Waals surface area contributed by atoms with Crippen LogP contribution in [0.15, 0.2) is 22.6 Å². The molecule has 1 heterocycles. The van der Waals surface area contributed by atoms with Crippen molar-refractivity contribution in [3.63, 3.8) is 0 Å². The Balaban J connectivity index is 1.85. The topological polar surface area (TPSA) is 38.1 Å². The van der Waals surface area contributed by atoms with Crippen LogP contribution in [0.25, 0.3) is 11.1 Å². The second-order valence-corrected chi connectivity index (χ2v) is 6.97. The third-order valence-corrected chi connectivity index (χ3v) is 4.50. The van der Waals surface area contributed by atoms with Gasteiger partial charge in [0.25, 0.3) is 0 Å². The van der Waals surface area contributed by atoms with Gasteiger partial charge >= 0.3 is 0 Å². The van der Waals surface area contributed by atoms with Gasteiger partial charge in [-0.2, -0.15) is 0 Å². The van der Waals surface area contributed by atoms with Crippen LogP contribution in [0.4, 0.5) is 5.69 Å². The maximum Gasteiger partial charge on any atom is 0.198 e. The van der Waals surface area contributed by atoms with E-state index in [2.05, 4.69) is 50.1 Å². The Morgan fingerprint density at radius 3 is 2.80 bits per heavy atom. The van der Waals surface area contributed by atoms with E-state index in [-0.39, 0.29) is 0 Å². The van der Waals surface area contributed by atoms with Crippen LogP contribution < -0.4 is 5.32 Å². The number of rotatable bonds is 3. The summed E-state index contributed by atoms with van der Waals surface area (Å²) in [6.45, 7) is 8.90. The van der Waals surface area contributed by atoms with Crippen LogP contribution >= 0.6 is 0 Å². The van der Waals surface area contributed by atoms with E-state index in [1.807, 2.05) is 6.07 Å². The Bertz CT molecular complexity index is 612. The minimum atomic E-state index is 0.326. The first-order valence-corrected chi connectivity index (χ1v) is 7.63. The normalized spacial score (nSPS) is 21.8. The maximum atomic E-state index is 5.76. The van der Waals surface area contributed by atoms with Crippen LogP contribution in [0.2, 0.25) is 0 Å². The second-order valence-electron chi connectivity index (χ2n) is 6.97. The molecule has 1 atom stereocenters. The van der Waals surface area contributed by atoms with Gasteiger partial charge in [0.1, 0.15) is 5.52 Å². The molecule has 0 saturated heterocycles. The Morgan fingerprint density at radius 1 is 1.35 bits per heavy atom. The molecule has 1 aromatic heterocycles. The van der Waals surface area contributed by atoms with Gasteiger partial charge in [0.05, 0.1) is 0 Å². The zero-order chi connectivity index (χ0) is 14.3. The quantitative estimate of drug-likeness (QED) is 0.859. The van der Waals surface area contributed by atoms with Gasteiger partial charge in [0.15, 0.2) is 11.5 Å². The molecule has 20 heavy (non-hydrogen) atoms. The van der Waals surface area contributed by atoms with Crippen LogP contribution in [0, 0.1) is 5.41 Å². The monoisotopic (exact) mass is 272 g/mol. The highest BCUT2D eigenvalue weighted by molar-refractivity contribution is 5.77. The molecule has 2 aromatic rings. The molecule has 1 aliphatic carbocycles. The maximum absolute atomic E-state index is 5.76. The largest absolute Gasteiger partial charge is 0.440 e. The number of aromatic nitrogens is 1. The second kappa shape index (κ2) is 4.80. The fourth-order valence-electron chi connectivity index (χ4n) is 3.08. The van der Waals surface area contributed by atoms with E-state index in [9.17, 15) is 0 Å². The van der Waals surface area contributed by atoms with Crippen molar-refractivity contribution < 1.29 is 4.42 Å². The van der Waals surface area contributed by atoms with E-state index in [0.29, 0.717) is 17.4 Å². The fraction of sp³-hybridized carbons (Fsp3) is 0.588. The third kappa shape index (κ3) is 2.41. The summed E-state index contributed by atoms with van der Waals surface area (Å²) >= 11 is 0. The molecule has 0 bridgehead atoms. The summed E-state index contributed by atoms with van der Waals surface area (Å²) in [4.78, 5) is 4.58. The highest BCUT2D eigenvalue weighted by Crippen LogP contribution is 2.39. The Labute approximate surface area is 120 Å². The van der Waals surface area contributed by atoms with Gasteiger partial charge in [-0.05, 0) is 36.5 Å². The molecule has 108 valence electrons. The summed E-state index contributed by atoms with van der Waals surface area (Å²) < 4.78 is 5.76. The summed E-state index contributed by atoms with van der Waals surface area (Å²) in [5, 5.41) is 3.68. The molecule has 0 aliphatic heterocycles. The molecule has 0 amide bonds. The highest BCUT2D eigenvalue weighted by Gasteiger charge is 2.34. The predicted molar refractivity (Wildman–Crippen MR) is 83.1 cm³/mol. The van der Waals surface area contributed by atoms with Gasteiger partial charge in [-0.3, -0.25) is 0 Å². The summed E-state index contributed by atoms with van der Waals surface area (Å²) in [7, 11) is 0. The first-order valence-electron chi connectivity index (χ1n) is 7.63. The summed E-state index contributed by atoms with van der Waals surface area (Å²) in [5.41, 5.74) is 3.36. The smallest absolute Gasteiger partial charge is 0.198 e.